The molecule has 7 heteroatoms. The van der Waals surface area contributed by atoms with Crippen LogP contribution in [-0.4, -0.2) is 44.9 Å². The van der Waals surface area contributed by atoms with E-state index in [9.17, 15) is 14.7 Å². The van der Waals surface area contributed by atoms with Crippen molar-refractivity contribution in [2.24, 2.45) is 5.41 Å². The van der Waals surface area contributed by atoms with Gasteiger partial charge in [-0.2, -0.15) is 11.8 Å². The number of hydrogen-bond donors (Lipinski definition) is 2. The number of carbonyl (C=O) groups excluding carboxylic acids is 1. The van der Waals surface area contributed by atoms with Crippen molar-refractivity contribution >= 4 is 28.8 Å². The van der Waals surface area contributed by atoms with Crippen molar-refractivity contribution in [2.75, 3.05) is 18.6 Å². The highest BCUT2D eigenvalue weighted by atomic mass is 32.2. The maximum Gasteiger partial charge on any atom is 0.337 e. The van der Waals surface area contributed by atoms with E-state index >= 15 is 0 Å². The molecule has 0 radical (unpaired) electrons. The SMILES string of the molecule is CSCCn1c(=O)n(C(=O)N[C@H](CO)C(C)(C)C)c2cccc(C)c21. The summed E-state index contributed by atoms with van der Waals surface area (Å²) in [7, 11) is 0. The first-order chi connectivity index (χ1) is 11.7. The van der Waals surface area contributed by atoms with Crippen LogP contribution >= 0.6 is 11.8 Å². The number of thioether (sulfide) groups is 1. The molecule has 2 rings (SSSR count). The average Bonchev–Trinajstić information content (AvgIpc) is 2.82. The molecule has 0 fully saturated rings. The Hall–Kier alpha value is -1.73. The topological polar surface area (TPSA) is 76.3 Å². The molecule has 2 aromatic rings. The van der Waals surface area contributed by atoms with Crippen LogP contribution in [-0.2, 0) is 6.54 Å². The van der Waals surface area contributed by atoms with Gasteiger partial charge in [-0.3, -0.25) is 4.57 Å². The zero-order valence-electron chi connectivity index (χ0n) is 15.5. The van der Waals surface area contributed by atoms with Crippen molar-refractivity contribution in [3.8, 4) is 0 Å². The number of aliphatic hydroxyl groups excluding tert-OH is 1. The Morgan fingerprint density at radius 1 is 1.36 bits per heavy atom. The van der Waals surface area contributed by atoms with E-state index in [0.29, 0.717) is 12.1 Å². The van der Waals surface area contributed by atoms with Crippen molar-refractivity contribution < 1.29 is 9.90 Å². The van der Waals surface area contributed by atoms with Crippen LogP contribution in [0.4, 0.5) is 4.79 Å². The van der Waals surface area contributed by atoms with E-state index in [2.05, 4.69) is 5.32 Å². The van der Waals surface area contributed by atoms with Crippen LogP contribution in [0.25, 0.3) is 11.0 Å². The average molecular weight is 365 g/mol. The molecule has 1 aromatic carbocycles. The second-order valence-electron chi connectivity index (χ2n) is 7.26. The monoisotopic (exact) mass is 365 g/mol. The molecule has 0 aliphatic rings. The highest BCUT2D eigenvalue weighted by Crippen LogP contribution is 2.21. The number of para-hydroxylation sites is 1. The van der Waals surface area contributed by atoms with Gasteiger partial charge in [0.25, 0.3) is 0 Å². The molecule has 25 heavy (non-hydrogen) atoms. The number of aromatic nitrogens is 2. The van der Waals surface area contributed by atoms with Crippen LogP contribution in [0.5, 0.6) is 0 Å². The molecule has 1 aromatic heterocycles. The highest BCUT2D eigenvalue weighted by molar-refractivity contribution is 7.98. The molecular weight excluding hydrogens is 338 g/mol. The second-order valence-corrected chi connectivity index (χ2v) is 8.24. The first-order valence-corrected chi connectivity index (χ1v) is 9.73. The Balaban J connectivity index is 2.54. The van der Waals surface area contributed by atoms with Crippen LogP contribution in [0.15, 0.2) is 23.0 Å². The summed E-state index contributed by atoms with van der Waals surface area (Å²) in [5.41, 5.74) is 1.67. The van der Waals surface area contributed by atoms with Gasteiger partial charge < -0.3 is 10.4 Å². The fourth-order valence-corrected chi connectivity index (χ4v) is 3.20. The number of hydrogen-bond acceptors (Lipinski definition) is 4. The van der Waals surface area contributed by atoms with Gasteiger partial charge in [0.1, 0.15) is 0 Å². The molecule has 0 bridgehead atoms. The lowest BCUT2D eigenvalue weighted by molar-refractivity contribution is 0.159. The molecule has 1 heterocycles. The Morgan fingerprint density at radius 3 is 2.60 bits per heavy atom. The number of rotatable bonds is 5. The Bertz CT molecular complexity index is 817. The van der Waals surface area contributed by atoms with Gasteiger partial charge in [-0.15, -0.1) is 0 Å². The predicted molar refractivity (Wildman–Crippen MR) is 104 cm³/mol. The predicted octanol–water partition coefficient (Wildman–Crippen LogP) is 2.44. The molecule has 0 unspecified atom stereocenters. The number of nitrogens with zero attached hydrogens (tertiary/aromatic N) is 2. The number of fused-ring (bicyclic) bond motifs is 1. The van der Waals surface area contributed by atoms with Gasteiger partial charge in [-0.25, -0.2) is 14.2 Å². The number of amides is 1. The molecule has 1 amide bonds. The van der Waals surface area contributed by atoms with E-state index < -0.39 is 12.1 Å². The summed E-state index contributed by atoms with van der Waals surface area (Å²) in [6.07, 6.45) is 1.99. The van der Waals surface area contributed by atoms with Gasteiger partial charge in [0, 0.05) is 12.3 Å². The van der Waals surface area contributed by atoms with Crippen molar-refractivity contribution in [2.45, 2.75) is 40.3 Å². The smallest absolute Gasteiger partial charge is 0.337 e. The summed E-state index contributed by atoms with van der Waals surface area (Å²) < 4.78 is 2.84. The van der Waals surface area contributed by atoms with Gasteiger partial charge >= 0.3 is 11.7 Å². The molecule has 0 saturated heterocycles. The molecule has 1 atom stereocenters. The molecular formula is C18H27N3O3S. The Morgan fingerprint density at radius 2 is 2.04 bits per heavy atom. The third-order valence-corrected chi connectivity index (χ3v) is 4.99. The summed E-state index contributed by atoms with van der Waals surface area (Å²) >= 11 is 1.65. The number of nitrogens with one attached hydrogen (secondary N) is 1. The standard InChI is InChI=1S/C18H27N3O3S/c1-12-7-6-8-13-15(12)20(9-10-25-5)17(24)21(13)16(23)19-14(11-22)18(2,3)4/h6-8,14,22H,9-11H2,1-5H3,(H,19,23)/t14-/m1/s1. The maximum absolute atomic E-state index is 12.9. The molecule has 0 aliphatic carbocycles. The minimum Gasteiger partial charge on any atom is -0.394 e. The van der Waals surface area contributed by atoms with Crippen LogP contribution in [0.3, 0.4) is 0 Å². The van der Waals surface area contributed by atoms with Crippen molar-refractivity contribution in [3.05, 3.63) is 34.2 Å². The largest absolute Gasteiger partial charge is 0.394 e. The summed E-state index contributed by atoms with van der Waals surface area (Å²) in [4.78, 5) is 25.7. The first kappa shape index (κ1) is 19.6. The third kappa shape index (κ3) is 3.93. The van der Waals surface area contributed by atoms with Gasteiger partial charge in [0.05, 0.1) is 23.7 Å². The van der Waals surface area contributed by atoms with E-state index in [1.54, 1.807) is 22.4 Å². The minimum absolute atomic E-state index is 0.186. The van der Waals surface area contributed by atoms with E-state index in [4.69, 9.17) is 0 Å². The van der Waals surface area contributed by atoms with Gasteiger partial charge in [0.2, 0.25) is 0 Å². The molecule has 2 N–H and O–H groups in total. The van der Waals surface area contributed by atoms with E-state index in [1.165, 1.54) is 4.57 Å². The summed E-state index contributed by atoms with van der Waals surface area (Å²) in [6.45, 7) is 8.10. The summed E-state index contributed by atoms with van der Waals surface area (Å²) in [5, 5.41) is 12.4. The summed E-state index contributed by atoms with van der Waals surface area (Å²) in [5.74, 6) is 0.788. The van der Waals surface area contributed by atoms with Crippen LogP contribution in [0.2, 0.25) is 0 Å². The number of carbonyl (C=O) groups is 1. The van der Waals surface area contributed by atoms with Crippen molar-refractivity contribution in [1.82, 2.24) is 14.5 Å². The first-order valence-electron chi connectivity index (χ1n) is 8.34. The quantitative estimate of drug-likeness (QED) is 0.853. The maximum atomic E-state index is 12.9. The van der Waals surface area contributed by atoms with Crippen LogP contribution in [0, 0.1) is 12.3 Å². The Labute approximate surface area is 152 Å². The zero-order chi connectivity index (χ0) is 18.8. The zero-order valence-corrected chi connectivity index (χ0v) is 16.3. The van der Waals surface area contributed by atoms with E-state index in [-0.39, 0.29) is 17.7 Å². The number of aryl methyl sites for hydroxylation is 2. The van der Waals surface area contributed by atoms with E-state index in [0.717, 1.165) is 16.8 Å². The third-order valence-electron chi connectivity index (χ3n) is 4.40. The molecule has 0 saturated carbocycles. The van der Waals surface area contributed by atoms with Crippen molar-refractivity contribution in [1.29, 1.82) is 0 Å². The van der Waals surface area contributed by atoms with Crippen molar-refractivity contribution in [3.63, 3.8) is 0 Å². The molecule has 138 valence electrons. The van der Waals surface area contributed by atoms with Gasteiger partial charge in [-0.1, -0.05) is 32.9 Å². The highest BCUT2D eigenvalue weighted by Gasteiger charge is 2.28. The number of aliphatic hydroxyl groups is 1. The fraction of sp³-hybridized carbons (Fsp3) is 0.556. The fourth-order valence-electron chi connectivity index (χ4n) is 2.83. The lowest BCUT2D eigenvalue weighted by Crippen LogP contribution is -2.49. The minimum atomic E-state index is -0.502. The van der Waals surface area contributed by atoms with Gasteiger partial charge in [-0.05, 0) is 30.2 Å². The van der Waals surface area contributed by atoms with E-state index in [1.807, 2.05) is 46.1 Å². The lowest BCUT2D eigenvalue weighted by Gasteiger charge is -2.29. The number of imidazole rings is 1. The summed E-state index contributed by atoms with van der Waals surface area (Å²) in [6, 6.07) is 4.61. The lowest BCUT2D eigenvalue weighted by atomic mass is 9.87. The van der Waals surface area contributed by atoms with Crippen LogP contribution in [0.1, 0.15) is 26.3 Å². The normalized spacial score (nSPS) is 13.2. The van der Waals surface area contributed by atoms with Crippen LogP contribution < -0.4 is 11.0 Å². The Kier molecular flexibility index (Phi) is 6.00. The molecule has 0 aliphatic heterocycles. The number of benzene rings is 1. The second kappa shape index (κ2) is 7.66. The van der Waals surface area contributed by atoms with Gasteiger partial charge in [0.15, 0.2) is 0 Å². The molecule has 6 nitrogen and oxygen atoms in total. The molecule has 0 spiro atoms.